The summed E-state index contributed by atoms with van der Waals surface area (Å²) >= 11 is 0. The summed E-state index contributed by atoms with van der Waals surface area (Å²) in [6.45, 7) is 2.26. The van der Waals surface area contributed by atoms with Crippen molar-refractivity contribution in [1.29, 1.82) is 0 Å². The van der Waals surface area contributed by atoms with Crippen molar-refractivity contribution in [3.05, 3.63) is 35.4 Å². The summed E-state index contributed by atoms with van der Waals surface area (Å²) < 4.78 is 5.09. The Hall–Kier alpha value is -1.24. The monoisotopic (exact) mass is 174 g/mol. The highest BCUT2D eigenvalue weighted by molar-refractivity contribution is 5.58. The van der Waals surface area contributed by atoms with Gasteiger partial charge in [0.2, 0.25) is 0 Å². The van der Waals surface area contributed by atoms with Gasteiger partial charge in [-0.25, -0.2) is 0 Å². The molecule has 1 fully saturated rings. The first kappa shape index (κ1) is 8.36. The second-order valence-corrected chi connectivity index (χ2v) is 3.60. The smallest absolute Gasteiger partial charge is 0.118 e. The Bertz CT molecular complexity index is 321. The number of ether oxygens (including phenoxy) is 1. The lowest BCUT2D eigenvalue weighted by Crippen LogP contribution is -1.81. The second-order valence-electron chi connectivity index (χ2n) is 3.60. The van der Waals surface area contributed by atoms with Crippen LogP contribution in [0.5, 0.6) is 5.75 Å². The molecule has 68 valence electrons. The van der Waals surface area contributed by atoms with Crippen molar-refractivity contribution >= 4 is 6.08 Å². The molecule has 1 nitrogen and oxygen atoms in total. The Morgan fingerprint density at radius 1 is 1.31 bits per heavy atom. The zero-order chi connectivity index (χ0) is 9.26. The Morgan fingerprint density at radius 2 is 1.92 bits per heavy atom. The van der Waals surface area contributed by atoms with E-state index in [0.717, 1.165) is 11.7 Å². The fourth-order valence-electron chi connectivity index (χ4n) is 1.41. The molecule has 0 N–H and O–H groups in total. The zero-order valence-corrected chi connectivity index (χ0v) is 8.08. The Morgan fingerprint density at radius 3 is 2.38 bits per heavy atom. The van der Waals surface area contributed by atoms with E-state index in [1.54, 1.807) is 12.7 Å². The quantitative estimate of drug-likeness (QED) is 0.669. The van der Waals surface area contributed by atoms with Crippen LogP contribution >= 0.6 is 0 Å². The molecule has 0 heterocycles. The van der Waals surface area contributed by atoms with Crippen LogP contribution in [0.15, 0.2) is 29.8 Å². The Kier molecular flexibility index (Phi) is 2.09. The van der Waals surface area contributed by atoms with Crippen molar-refractivity contribution < 1.29 is 4.74 Å². The van der Waals surface area contributed by atoms with Crippen molar-refractivity contribution in [3.8, 4) is 5.75 Å². The molecule has 1 aromatic rings. The molecule has 1 aliphatic carbocycles. The molecule has 1 atom stereocenters. The van der Waals surface area contributed by atoms with Crippen LogP contribution < -0.4 is 4.74 Å². The summed E-state index contributed by atoms with van der Waals surface area (Å²) in [5.74, 6) is 1.73. The van der Waals surface area contributed by atoms with Crippen LogP contribution in [-0.2, 0) is 0 Å². The first-order chi connectivity index (χ1) is 6.29. The molecule has 1 aliphatic rings. The van der Waals surface area contributed by atoms with E-state index in [2.05, 4.69) is 25.1 Å². The molecule has 1 aromatic carbocycles. The van der Waals surface area contributed by atoms with Gasteiger partial charge in [0.1, 0.15) is 5.75 Å². The minimum absolute atomic E-state index is 0.808. The van der Waals surface area contributed by atoms with Gasteiger partial charge in [-0.15, -0.1) is 0 Å². The second kappa shape index (κ2) is 3.25. The first-order valence-corrected chi connectivity index (χ1v) is 4.64. The van der Waals surface area contributed by atoms with Crippen LogP contribution in [0.2, 0.25) is 0 Å². The molecule has 0 radical (unpaired) electrons. The minimum atomic E-state index is 0.808. The summed E-state index contributed by atoms with van der Waals surface area (Å²) in [5, 5.41) is 0. The first-order valence-electron chi connectivity index (χ1n) is 4.64. The number of methoxy groups -OCH3 is 1. The normalized spacial score (nSPS) is 23.2. The third-order valence-electron chi connectivity index (χ3n) is 2.48. The van der Waals surface area contributed by atoms with E-state index < -0.39 is 0 Å². The molecule has 13 heavy (non-hydrogen) atoms. The third-order valence-corrected chi connectivity index (χ3v) is 2.48. The minimum Gasteiger partial charge on any atom is -0.497 e. The van der Waals surface area contributed by atoms with E-state index in [4.69, 9.17) is 4.74 Å². The number of benzene rings is 1. The molecule has 1 heteroatoms. The largest absolute Gasteiger partial charge is 0.497 e. The Labute approximate surface area is 79.0 Å². The van der Waals surface area contributed by atoms with Crippen molar-refractivity contribution in [3.63, 3.8) is 0 Å². The molecule has 1 saturated carbocycles. The van der Waals surface area contributed by atoms with E-state index in [9.17, 15) is 0 Å². The van der Waals surface area contributed by atoms with Crippen LogP contribution in [0, 0.1) is 5.92 Å². The van der Waals surface area contributed by atoms with Crippen molar-refractivity contribution in [1.82, 2.24) is 0 Å². The van der Waals surface area contributed by atoms with Gasteiger partial charge in [-0.2, -0.15) is 0 Å². The van der Waals surface area contributed by atoms with Crippen molar-refractivity contribution in [2.24, 2.45) is 5.92 Å². The summed E-state index contributed by atoms with van der Waals surface area (Å²) in [6.07, 6.45) is 3.54. The van der Waals surface area contributed by atoms with Crippen LogP contribution in [0.3, 0.4) is 0 Å². The number of hydrogen-bond acceptors (Lipinski definition) is 1. The number of hydrogen-bond donors (Lipinski definition) is 0. The average molecular weight is 174 g/mol. The van der Waals surface area contributed by atoms with Crippen molar-refractivity contribution in [2.75, 3.05) is 7.11 Å². The fourth-order valence-corrected chi connectivity index (χ4v) is 1.41. The zero-order valence-electron chi connectivity index (χ0n) is 8.08. The molecule has 0 aromatic heterocycles. The maximum absolute atomic E-state index is 5.09. The fraction of sp³-hybridized carbons (Fsp3) is 0.333. The van der Waals surface area contributed by atoms with Gasteiger partial charge >= 0.3 is 0 Å². The van der Waals surface area contributed by atoms with Gasteiger partial charge in [-0.05, 0) is 30.0 Å². The van der Waals surface area contributed by atoms with Gasteiger partial charge in [0, 0.05) is 0 Å². The Balaban J connectivity index is 2.14. The van der Waals surface area contributed by atoms with E-state index >= 15 is 0 Å². The van der Waals surface area contributed by atoms with Crippen molar-refractivity contribution in [2.45, 2.75) is 13.3 Å². The summed E-state index contributed by atoms with van der Waals surface area (Å²) in [5.41, 5.74) is 2.84. The van der Waals surface area contributed by atoms with Crippen LogP contribution in [0.1, 0.15) is 18.9 Å². The van der Waals surface area contributed by atoms with Crippen LogP contribution in [0.4, 0.5) is 0 Å². The van der Waals surface area contributed by atoms with Gasteiger partial charge < -0.3 is 4.74 Å². The molecule has 1 unspecified atom stereocenters. The van der Waals surface area contributed by atoms with Gasteiger partial charge in [-0.1, -0.05) is 30.7 Å². The molecule has 0 amide bonds. The lowest BCUT2D eigenvalue weighted by atomic mass is 10.2. The van der Waals surface area contributed by atoms with E-state index in [1.165, 1.54) is 12.0 Å². The molecular formula is C12H14O. The highest BCUT2D eigenvalue weighted by Crippen LogP contribution is 2.38. The molecule has 0 aliphatic heterocycles. The summed E-state index contributed by atoms with van der Waals surface area (Å²) in [4.78, 5) is 0. The summed E-state index contributed by atoms with van der Waals surface area (Å²) in [7, 11) is 1.69. The third kappa shape index (κ3) is 1.92. The maximum Gasteiger partial charge on any atom is 0.118 e. The van der Waals surface area contributed by atoms with Crippen LogP contribution in [-0.4, -0.2) is 7.11 Å². The highest BCUT2D eigenvalue weighted by Gasteiger charge is 2.23. The van der Waals surface area contributed by atoms with Gasteiger partial charge in [-0.3, -0.25) is 0 Å². The molecule has 2 rings (SSSR count). The molecule has 0 saturated heterocycles. The van der Waals surface area contributed by atoms with Gasteiger partial charge in [0.25, 0.3) is 0 Å². The molecule has 0 spiro atoms. The number of allylic oxidation sites excluding steroid dienone is 1. The van der Waals surface area contributed by atoms with E-state index in [1.807, 2.05) is 12.1 Å². The maximum atomic E-state index is 5.09. The van der Waals surface area contributed by atoms with E-state index in [-0.39, 0.29) is 0 Å². The molecule has 0 bridgehead atoms. The van der Waals surface area contributed by atoms with Crippen LogP contribution in [0.25, 0.3) is 6.08 Å². The van der Waals surface area contributed by atoms with Gasteiger partial charge in [0.15, 0.2) is 0 Å². The van der Waals surface area contributed by atoms with E-state index in [0.29, 0.717) is 0 Å². The highest BCUT2D eigenvalue weighted by atomic mass is 16.5. The predicted molar refractivity (Wildman–Crippen MR) is 54.8 cm³/mol. The summed E-state index contributed by atoms with van der Waals surface area (Å²) in [6, 6.07) is 8.19. The standard InChI is InChI=1S/C12H14O/c1-9-7-11(9)8-10-3-5-12(13-2)6-4-10/h3-6,8-9H,7H2,1-2H3/b11-8-. The predicted octanol–water partition coefficient (Wildman–Crippen LogP) is 3.12. The SMILES string of the molecule is COc1ccc(/C=C2/CC2C)cc1. The topological polar surface area (TPSA) is 9.23 Å². The number of rotatable bonds is 2. The lowest BCUT2D eigenvalue weighted by molar-refractivity contribution is 0.415. The average Bonchev–Trinajstić information content (AvgIpc) is 2.83. The molecular weight excluding hydrogens is 160 g/mol. The van der Waals surface area contributed by atoms with Gasteiger partial charge in [0.05, 0.1) is 7.11 Å². The lowest BCUT2D eigenvalue weighted by Gasteiger charge is -1.98.